The van der Waals surface area contributed by atoms with Gasteiger partial charge in [-0.15, -0.1) is 48.0 Å². The molecule has 10 rings (SSSR count). The number of aromatic nitrogens is 5. The fraction of sp³-hybridized carbons (Fsp3) is 0.246. The smallest absolute Gasteiger partial charge is 0.233 e. The van der Waals surface area contributed by atoms with Crippen LogP contribution in [-0.4, -0.2) is 37.8 Å². The number of pyridine rings is 1. The van der Waals surface area contributed by atoms with Crippen molar-refractivity contribution >= 4 is 50.6 Å². The first-order chi connectivity index (χ1) is 35.3. The number of hydrogen-bond acceptors (Lipinski definition) is 5. The molecule has 0 saturated carbocycles. The Hall–Kier alpha value is -6.06. The molecule has 4 heterocycles. The molecule has 0 spiro atoms. The van der Waals surface area contributed by atoms with Gasteiger partial charge in [0.1, 0.15) is 0 Å². The van der Waals surface area contributed by atoms with E-state index in [1.807, 2.05) is 48.7 Å². The molecule has 10 aromatic rings. The summed E-state index contributed by atoms with van der Waals surface area (Å²) in [6, 6.07) is 47.9. The van der Waals surface area contributed by atoms with Crippen LogP contribution in [0.2, 0.25) is 17.3 Å². The molecule has 9 heteroatoms. The van der Waals surface area contributed by atoms with Crippen LogP contribution >= 0.6 is 0 Å². The van der Waals surface area contributed by atoms with Crippen molar-refractivity contribution in [1.82, 2.24) is 24.5 Å². The van der Waals surface area contributed by atoms with Gasteiger partial charge >= 0.3 is 201 Å². The molecule has 0 amide bonds. The number of para-hydroxylation sites is 2. The van der Waals surface area contributed by atoms with E-state index in [4.69, 9.17) is 17.6 Å². The summed E-state index contributed by atoms with van der Waals surface area (Å²) in [7, 11) is 0. The number of aryl methyl sites for hydroxylation is 2. The maximum absolute atomic E-state index is 16.8. The van der Waals surface area contributed by atoms with E-state index >= 15 is 4.39 Å². The maximum atomic E-state index is 16.8. The van der Waals surface area contributed by atoms with Gasteiger partial charge in [0.15, 0.2) is 17.2 Å². The van der Waals surface area contributed by atoms with Crippen molar-refractivity contribution in [3.8, 4) is 50.8 Å². The van der Waals surface area contributed by atoms with Crippen LogP contribution in [0, 0.1) is 31.7 Å². The SMILES string of the molecule is CC(C)(C)c1ccc(-c2[c-]cccc2)nc1.[2H]C([2H])([2H])c1cc(C([2H])([2H])[2H])nc(-c2ccc3c(oc4c(-c5nc6ccccc6n5-c5c(C(C)C)cc(-c6cc[c]([Ge]([CH3])([CH3])[CH3])cc6)cc5C(C)C)[c-]ccc43)c2F)n1.[Ir]. The van der Waals surface area contributed by atoms with E-state index in [9.17, 15) is 0 Å². The Kier molecular flexibility index (Phi) is 12.2. The number of imidazole rings is 1. The average Bonchev–Trinajstić information content (AvgIpc) is 3.95. The van der Waals surface area contributed by atoms with Gasteiger partial charge in [0.05, 0.1) is 5.56 Å². The molecule has 0 saturated heterocycles. The third-order valence-electron chi connectivity index (χ3n) is 12.6. The number of halogens is 1. The Balaban J connectivity index is 0.000000384. The van der Waals surface area contributed by atoms with Gasteiger partial charge in [0, 0.05) is 51.3 Å². The van der Waals surface area contributed by atoms with Gasteiger partial charge in [-0.1, -0.05) is 50.4 Å². The molecular formula is C61H60FGeIrN5O-2. The minimum absolute atomic E-state index is 0. The molecule has 70 heavy (non-hydrogen) atoms. The number of nitrogens with zero attached hydrogens (tertiary/aromatic N) is 5. The predicted molar refractivity (Wildman–Crippen MR) is 287 cm³/mol. The fourth-order valence-corrected chi connectivity index (χ4v) is 11.2. The summed E-state index contributed by atoms with van der Waals surface area (Å²) in [5, 5.41) is 1.07. The van der Waals surface area contributed by atoms with Crippen molar-refractivity contribution in [3.05, 3.63) is 180 Å². The molecule has 357 valence electrons. The zero-order valence-corrected chi connectivity index (χ0v) is 45.7. The van der Waals surface area contributed by atoms with Crippen LogP contribution in [0.15, 0.2) is 138 Å². The van der Waals surface area contributed by atoms with E-state index in [0.29, 0.717) is 27.7 Å². The summed E-state index contributed by atoms with van der Waals surface area (Å²) in [5.41, 5.74) is 10.3. The first kappa shape index (κ1) is 42.8. The third kappa shape index (κ3) is 9.96. The van der Waals surface area contributed by atoms with E-state index in [0.717, 1.165) is 50.7 Å². The summed E-state index contributed by atoms with van der Waals surface area (Å²) >= 11 is -2.01. The van der Waals surface area contributed by atoms with E-state index in [1.165, 1.54) is 21.6 Å². The predicted octanol–water partition coefficient (Wildman–Crippen LogP) is 15.9. The van der Waals surface area contributed by atoms with Crippen LogP contribution in [0.3, 0.4) is 0 Å². The second kappa shape index (κ2) is 20.0. The Morgan fingerprint density at radius 1 is 0.700 bits per heavy atom. The molecule has 4 aromatic heterocycles. The second-order valence-electron chi connectivity index (χ2n) is 20.3. The zero-order chi connectivity index (χ0) is 53.9. The molecule has 6 aromatic carbocycles. The Morgan fingerprint density at radius 3 is 1.97 bits per heavy atom. The monoisotopic (exact) mass is 1170 g/mol. The Morgan fingerprint density at radius 2 is 1.37 bits per heavy atom. The molecule has 6 nitrogen and oxygen atoms in total. The number of furan rings is 1. The summed E-state index contributed by atoms with van der Waals surface area (Å²) in [6.45, 7) is 9.88. The van der Waals surface area contributed by atoms with E-state index in [2.05, 4.69) is 152 Å². The quantitative estimate of drug-likeness (QED) is 0.112. The molecule has 0 aliphatic carbocycles. The van der Waals surface area contributed by atoms with E-state index in [1.54, 1.807) is 18.2 Å². The van der Waals surface area contributed by atoms with Gasteiger partial charge < -0.3 is 9.40 Å². The molecule has 0 bridgehead atoms. The summed E-state index contributed by atoms with van der Waals surface area (Å²) in [6.07, 6.45) is 1.95. The standard InChI is InChI=1S/C46H44FGeN4O.C15H16N.Ir/c1-26(2)37-24-31(30-17-19-32(20-18-30)48(7,8)9)25-38(27(3)4)42(37)52-40-16-11-10-15-39(40)51-46(52)36-14-12-13-33-34-21-22-35(41(47)44(34)53-43(33)36)45-49-28(5)23-29(6)50-45;1-15(2,3)13-9-10-14(16-11-13)12-7-5-4-6-8-12;/h10-13,15-27H,1-9H3;4-7,9-11H,1-3H3;/q2*-1;/i5D3,6D3;;. The average molecular weight is 1170 g/mol. The van der Waals surface area contributed by atoms with Crippen LogP contribution in [-0.2, 0) is 25.5 Å². The van der Waals surface area contributed by atoms with Crippen molar-refractivity contribution in [1.29, 1.82) is 0 Å². The van der Waals surface area contributed by atoms with Crippen molar-refractivity contribution in [2.75, 3.05) is 0 Å². The molecule has 0 aliphatic rings. The van der Waals surface area contributed by atoms with E-state index < -0.39 is 44.2 Å². The summed E-state index contributed by atoms with van der Waals surface area (Å²) < 4.78 is 74.3. The molecular weight excluding hydrogens is 1100 g/mol. The van der Waals surface area contributed by atoms with Gasteiger partial charge in [-0.2, -0.15) is 0 Å². The molecule has 0 unspecified atom stereocenters. The number of rotatable bonds is 8. The molecule has 1 radical (unpaired) electrons. The minimum Gasteiger partial charge on any atom is -0.233 e. The number of hydrogen-bond donors (Lipinski definition) is 0. The van der Waals surface area contributed by atoms with Crippen LogP contribution in [0.5, 0.6) is 0 Å². The van der Waals surface area contributed by atoms with E-state index in [-0.39, 0.29) is 54.3 Å². The molecule has 0 atom stereocenters. The van der Waals surface area contributed by atoms with Crippen LogP contribution in [0.1, 0.15) is 96.6 Å². The third-order valence-corrected chi connectivity index (χ3v) is 17.0. The fourth-order valence-electron chi connectivity index (χ4n) is 8.80. The van der Waals surface area contributed by atoms with Crippen LogP contribution in [0.4, 0.5) is 4.39 Å². The van der Waals surface area contributed by atoms with Gasteiger partial charge in [-0.05, 0) is 42.5 Å². The van der Waals surface area contributed by atoms with Gasteiger partial charge in [0.2, 0.25) is 0 Å². The van der Waals surface area contributed by atoms with Crippen molar-refractivity contribution < 1.29 is 37.1 Å². The molecule has 0 N–H and O–H groups in total. The Bertz CT molecular complexity index is 3670. The first-order valence-electron chi connectivity index (χ1n) is 26.5. The first-order valence-corrected chi connectivity index (χ1v) is 30.8. The number of benzene rings is 6. The molecule has 0 fully saturated rings. The normalized spacial score (nSPS) is 13.6. The van der Waals surface area contributed by atoms with Gasteiger partial charge in [-0.25, -0.2) is 14.4 Å². The van der Waals surface area contributed by atoms with Crippen molar-refractivity contribution in [3.63, 3.8) is 0 Å². The van der Waals surface area contributed by atoms with Crippen LogP contribution < -0.4 is 4.40 Å². The summed E-state index contributed by atoms with van der Waals surface area (Å²) in [4.78, 5) is 17.9. The minimum atomic E-state index is -2.75. The number of fused-ring (bicyclic) bond motifs is 4. The van der Waals surface area contributed by atoms with Crippen molar-refractivity contribution in [2.45, 2.75) is 96.7 Å². The topological polar surface area (TPSA) is 69.6 Å². The summed E-state index contributed by atoms with van der Waals surface area (Å²) in [5.74, 6) is 6.84. The van der Waals surface area contributed by atoms with Gasteiger partial charge in [-0.3, -0.25) is 0 Å². The second-order valence-corrected chi connectivity index (χ2v) is 31.0. The van der Waals surface area contributed by atoms with Crippen molar-refractivity contribution in [2.24, 2.45) is 0 Å². The van der Waals surface area contributed by atoms with Gasteiger partial charge in [0.25, 0.3) is 0 Å². The zero-order valence-electron chi connectivity index (χ0n) is 47.2. The molecule has 0 aliphatic heterocycles. The van der Waals surface area contributed by atoms with Crippen LogP contribution in [0.25, 0.3) is 83.8 Å². The Labute approximate surface area is 437 Å².